The van der Waals surface area contributed by atoms with E-state index in [2.05, 4.69) is 10.1 Å². The van der Waals surface area contributed by atoms with E-state index in [4.69, 9.17) is 0 Å². The molecule has 0 fully saturated rings. The van der Waals surface area contributed by atoms with Crippen molar-refractivity contribution < 1.29 is 19.0 Å². The smallest absolute Gasteiger partial charge is 0.137 e. The summed E-state index contributed by atoms with van der Waals surface area (Å²) in [6, 6.07) is 2.95. The van der Waals surface area contributed by atoms with Gasteiger partial charge in [0.15, 0.2) is 0 Å². The quantitative estimate of drug-likeness (QED) is 0.876. The molecule has 0 radical (unpaired) electrons. The first-order valence-corrected chi connectivity index (χ1v) is 6.53. The molecule has 7 heteroatoms. The number of halogens is 2. The van der Waals surface area contributed by atoms with Crippen LogP contribution < -0.4 is 0 Å². The van der Waals surface area contributed by atoms with E-state index < -0.39 is 29.3 Å². The van der Waals surface area contributed by atoms with Gasteiger partial charge in [-0.1, -0.05) is 13.0 Å². The van der Waals surface area contributed by atoms with Crippen LogP contribution in [0.15, 0.2) is 30.9 Å². The zero-order valence-electron chi connectivity index (χ0n) is 11.7. The average molecular weight is 297 g/mol. The molecule has 1 aromatic carbocycles. The Bertz CT molecular complexity index is 604. The van der Waals surface area contributed by atoms with Gasteiger partial charge in [-0.15, -0.1) is 0 Å². The summed E-state index contributed by atoms with van der Waals surface area (Å²) in [4.78, 5) is 3.77. The molecule has 0 saturated heterocycles. The fraction of sp³-hybridized carbons (Fsp3) is 0.429. The first kappa shape index (κ1) is 15.5. The predicted molar refractivity (Wildman–Crippen MR) is 71.1 cm³/mol. The first-order chi connectivity index (χ1) is 9.84. The van der Waals surface area contributed by atoms with Crippen molar-refractivity contribution in [3.8, 4) is 0 Å². The minimum Gasteiger partial charge on any atom is -0.393 e. The number of benzene rings is 1. The zero-order valence-corrected chi connectivity index (χ0v) is 11.7. The zero-order chi connectivity index (χ0) is 15.6. The summed E-state index contributed by atoms with van der Waals surface area (Å²) >= 11 is 0. The molecule has 1 heterocycles. The molecule has 0 aliphatic carbocycles. The lowest BCUT2D eigenvalue weighted by Gasteiger charge is -2.36. The van der Waals surface area contributed by atoms with Gasteiger partial charge in [0, 0.05) is 17.5 Å². The van der Waals surface area contributed by atoms with E-state index in [0.29, 0.717) is 6.07 Å². The molecule has 0 aliphatic rings. The summed E-state index contributed by atoms with van der Waals surface area (Å²) in [7, 11) is 0. The molecule has 2 N–H and O–H groups in total. The van der Waals surface area contributed by atoms with E-state index in [9.17, 15) is 19.0 Å². The van der Waals surface area contributed by atoms with Crippen LogP contribution >= 0.6 is 0 Å². The number of hydrogen-bond acceptors (Lipinski definition) is 4. The molecule has 0 aliphatic heterocycles. The molecular formula is C14H17F2N3O2. The predicted octanol–water partition coefficient (Wildman–Crippen LogP) is 1.46. The number of nitrogens with zero attached hydrogens (tertiary/aromatic N) is 3. The molecule has 1 aromatic heterocycles. The van der Waals surface area contributed by atoms with Crippen LogP contribution in [0.3, 0.4) is 0 Å². The van der Waals surface area contributed by atoms with E-state index in [1.807, 2.05) is 0 Å². The Morgan fingerprint density at radius 3 is 2.57 bits per heavy atom. The Morgan fingerprint density at radius 1 is 1.33 bits per heavy atom. The monoisotopic (exact) mass is 297 g/mol. The highest BCUT2D eigenvalue weighted by molar-refractivity contribution is 5.26. The molecule has 21 heavy (non-hydrogen) atoms. The summed E-state index contributed by atoms with van der Waals surface area (Å²) < 4.78 is 28.5. The first-order valence-electron chi connectivity index (χ1n) is 6.53. The SMILES string of the molecule is CC(O)[C@H](C)[C@](O)(Cn1cncn1)c1ccc(F)cc1F. The average Bonchev–Trinajstić information content (AvgIpc) is 2.89. The number of aliphatic hydroxyl groups excluding tert-OH is 1. The normalized spacial score (nSPS) is 17.2. The molecule has 2 aromatic rings. The summed E-state index contributed by atoms with van der Waals surface area (Å²) in [5, 5.41) is 24.6. The molecule has 2 rings (SSSR count). The number of aliphatic hydroxyl groups is 2. The van der Waals surface area contributed by atoms with Crippen molar-refractivity contribution in [1.82, 2.24) is 14.8 Å². The van der Waals surface area contributed by atoms with Crippen molar-refractivity contribution in [2.45, 2.75) is 32.1 Å². The van der Waals surface area contributed by atoms with Crippen LogP contribution in [0.2, 0.25) is 0 Å². The van der Waals surface area contributed by atoms with Gasteiger partial charge >= 0.3 is 0 Å². The van der Waals surface area contributed by atoms with E-state index in [-0.39, 0.29) is 12.1 Å². The number of rotatable bonds is 5. The Balaban J connectivity index is 2.49. The van der Waals surface area contributed by atoms with Crippen LogP contribution in [0.1, 0.15) is 19.4 Å². The van der Waals surface area contributed by atoms with Crippen LogP contribution in [0, 0.1) is 17.6 Å². The van der Waals surface area contributed by atoms with Crippen molar-refractivity contribution >= 4 is 0 Å². The summed E-state index contributed by atoms with van der Waals surface area (Å²) in [5.41, 5.74) is -1.84. The molecule has 0 saturated carbocycles. The second-order valence-electron chi connectivity index (χ2n) is 5.17. The summed E-state index contributed by atoms with van der Waals surface area (Å²) in [6.07, 6.45) is 1.76. The fourth-order valence-corrected chi connectivity index (χ4v) is 2.28. The van der Waals surface area contributed by atoms with Crippen LogP contribution in [0.25, 0.3) is 0 Å². The third kappa shape index (κ3) is 3.08. The lowest BCUT2D eigenvalue weighted by Crippen LogP contribution is -2.43. The van der Waals surface area contributed by atoms with Gasteiger partial charge in [-0.25, -0.2) is 18.4 Å². The van der Waals surface area contributed by atoms with Gasteiger partial charge < -0.3 is 10.2 Å². The van der Waals surface area contributed by atoms with Crippen LogP contribution in [-0.2, 0) is 12.1 Å². The van der Waals surface area contributed by atoms with E-state index in [1.165, 1.54) is 30.3 Å². The van der Waals surface area contributed by atoms with Gasteiger partial charge in [-0.3, -0.25) is 0 Å². The molecule has 0 bridgehead atoms. The highest BCUT2D eigenvalue weighted by Crippen LogP contribution is 2.35. The highest BCUT2D eigenvalue weighted by atomic mass is 19.1. The number of hydrogen-bond donors (Lipinski definition) is 2. The molecular weight excluding hydrogens is 280 g/mol. The topological polar surface area (TPSA) is 71.2 Å². The van der Waals surface area contributed by atoms with Crippen LogP contribution in [0.5, 0.6) is 0 Å². The Labute approximate surface area is 120 Å². The van der Waals surface area contributed by atoms with E-state index in [0.717, 1.165) is 6.07 Å². The van der Waals surface area contributed by atoms with Crippen molar-refractivity contribution in [2.75, 3.05) is 0 Å². The maximum absolute atomic E-state index is 14.1. The highest BCUT2D eigenvalue weighted by Gasteiger charge is 2.41. The van der Waals surface area contributed by atoms with Crippen molar-refractivity contribution in [2.24, 2.45) is 5.92 Å². The number of aromatic nitrogens is 3. The molecule has 1 unspecified atom stereocenters. The summed E-state index contributed by atoms with van der Waals surface area (Å²) in [5.74, 6) is -2.31. The largest absolute Gasteiger partial charge is 0.393 e. The Hall–Kier alpha value is -1.86. The van der Waals surface area contributed by atoms with Crippen LogP contribution in [-0.4, -0.2) is 31.1 Å². The maximum atomic E-state index is 14.1. The summed E-state index contributed by atoms with van der Waals surface area (Å²) in [6.45, 7) is 2.98. The van der Waals surface area contributed by atoms with Gasteiger partial charge in [0.2, 0.25) is 0 Å². The van der Waals surface area contributed by atoms with Gasteiger partial charge in [-0.2, -0.15) is 5.10 Å². The Morgan fingerprint density at radius 2 is 2.05 bits per heavy atom. The minimum absolute atomic E-state index is 0.0900. The molecule has 0 spiro atoms. The maximum Gasteiger partial charge on any atom is 0.137 e. The van der Waals surface area contributed by atoms with Gasteiger partial charge in [0.05, 0.1) is 12.6 Å². The van der Waals surface area contributed by atoms with Crippen molar-refractivity contribution in [1.29, 1.82) is 0 Å². The molecule has 5 nitrogen and oxygen atoms in total. The molecule has 0 amide bonds. The molecule has 114 valence electrons. The minimum atomic E-state index is -1.75. The van der Waals surface area contributed by atoms with Crippen molar-refractivity contribution in [3.63, 3.8) is 0 Å². The lowest BCUT2D eigenvalue weighted by molar-refractivity contribution is -0.0800. The third-order valence-electron chi connectivity index (χ3n) is 3.74. The van der Waals surface area contributed by atoms with E-state index in [1.54, 1.807) is 6.92 Å². The second-order valence-corrected chi connectivity index (χ2v) is 5.17. The van der Waals surface area contributed by atoms with Gasteiger partial charge in [0.25, 0.3) is 0 Å². The van der Waals surface area contributed by atoms with E-state index >= 15 is 0 Å². The third-order valence-corrected chi connectivity index (χ3v) is 3.74. The fourth-order valence-electron chi connectivity index (χ4n) is 2.28. The van der Waals surface area contributed by atoms with Crippen LogP contribution in [0.4, 0.5) is 8.78 Å². The standard InChI is InChI=1S/C14H17F2N3O2/c1-9(10(2)20)14(21,6-19-8-17-7-18-19)12-4-3-11(15)5-13(12)16/h3-5,7-10,20-21H,6H2,1-2H3/t9-,10?,14+/m0/s1. The second kappa shape index (κ2) is 5.87. The van der Waals surface area contributed by atoms with Gasteiger partial charge in [-0.05, 0) is 13.0 Å². The lowest BCUT2D eigenvalue weighted by atomic mass is 9.79. The molecule has 3 atom stereocenters. The van der Waals surface area contributed by atoms with Gasteiger partial charge in [0.1, 0.15) is 29.9 Å². The Kier molecular flexibility index (Phi) is 4.34. The van der Waals surface area contributed by atoms with Crippen molar-refractivity contribution in [3.05, 3.63) is 48.1 Å².